The summed E-state index contributed by atoms with van der Waals surface area (Å²) in [5, 5.41) is 13.2. The molecule has 0 spiro atoms. The molecule has 0 bridgehead atoms. The van der Waals surface area contributed by atoms with Gasteiger partial charge in [0.2, 0.25) is 5.95 Å². The Labute approximate surface area is 320 Å². The van der Waals surface area contributed by atoms with Crippen LogP contribution in [0.3, 0.4) is 0 Å². The van der Waals surface area contributed by atoms with Crippen molar-refractivity contribution >= 4 is 92.3 Å². The summed E-state index contributed by atoms with van der Waals surface area (Å²) < 4.78 is 4.81. The monoisotopic (exact) mass is 710 g/mol. The van der Waals surface area contributed by atoms with Crippen molar-refractivity contribution in [2.75, 3.05) is 0 Å². The van der Waals surface area contributed by atoms with E-state index in [-0.39, 0.29) is 0 Å². The van der Waals surface area contributed by atoms with Crippen LogP contribution in [0.4, 0.5) is 0 Å². The molecule has 0 aliphatic carbocycles. The van der Waals surface area contributed by atoms with Gasteiger partial charge < -0.3 is 4.40 Å². The van der Waals surface area contributed by atoms with Gasteiger partial charge in [0, 0.05) is 43.3 Å². The minimum Gasteiger partial charge on any atom is -0.308 e. The summed E-state index contributed by atoms with van der Waals surface area (Å²) in [6.07, 6.45) is 0. The van der Waals surface area contributed by atoms with Crippen LogP contribution in [0.15, 0.2) is 182 Å². The normalized spacial score (nSPS) is 12.3. The Balaban J connectivity index is 1.22. The fraction of sp³-hybridized carbons (Fsp3) is 0. The van der Waals surface area contributed by atoms with Crippen molar-refractivity contribution in [2.45, 2.75) is 0 Å². The summed E-state index contributed by atoms with van der Waals surface area (Å²) in [6.45, 7) is 0. The molecule has 0 radical (unpaired) electrons. The molecule has 0 amide bonds. The van der Waals surface area contributed by atoms with Gasteiger partial charge in [-0.05, 0) is 63.0 Å². The van der Waals surface area contributed by atoms with Crippen molar-refractivity contribution in [3.05, 3.63) is 182 Å². The average Bonchev–Trinajstić information content (AvgIpc) is 3.91. The van der Waals surface area contributed by atoms with E-state index in [4.69, 9.17) is 9.97 Å². The Bertz CT molecular complexity index is 3740. The fourth-order valence-corrected chi connectivity index (χ4v) is 9.63. The van der Waals surface area contributed by atoms with Crippen LogP contribution in [0.5, 0.6) is 0 Å². The average molecular weight is 711 g/mol. The molecule has 56 heavy (non-hydrogen) atoms. The molecule has 0 saturated carbocycles. The number of aromatic nitrogens is 4. The first-order valence-corrected chi connectivity index (χ1v) is 19.2. The topological polar surface area (TPSA) is 35.1 Å². The molecule has 0 fully saturated rings. The molecule has 0 unspecified atom stereocenters. The molecular formula is C52H30N4. The maximum atomic E-state index is 5.66. The standard InChI is InChI=1S/C52H30N4/c1-2-12-31(13-3-1)32-22-24-35(25-23-32)49-47-37-17-7-5-14-33(37)26-28-42(47)53-52(54-49)56-45-29-27-34-15-4-6-16-36(34)46(45)41-30-40-38-18-8-10-20-43(38)55-44-21-11-9-19-39(44)48(50(40)55)51(41)56/h1-30H. The van der Waals surface area contributed by atoms with E-state index in [0.29, 0.717) is 5.95 Å². The van der Waals surface area contributed by atoms with Crippen molar-refractivity contribution in [3.8, 4) is 28.3 Å². The zero-order valence-corrected chi connectivity index (χ0v) is 30.1. The molecule has 13 rings (SSSR count). The van der Waals surface area contributed by atoms with Gasteiger partial charge in [0.05, 0.1) is 38.8 Å². The first kappa shape index (κ1) is 29.8. The van der Waals surface area contributed by atoms with Crippen LogP contribution < -0.4 is 0 Å². The van der Waals surface area contributed by atoms with Crippen LogP contribution in [-0.2, 0) is 0 Å². The van der Waals surface area contributed by atoms with E-state index in [1.807, 2.05) is 0 Å². The van der Waals surface area contributed by atoms with Crippen LogP contribution in [0, 0.1) is 0 Å². The molecule has 0 atom stereocenters. The third-order valence-electron chi connectivity index (χ3n) is 12.0. The van der Waals surface area contributed by atoms with E-state index in [1.165, 1.54) is 76.2 Å². The van der Waals surface area contributed by atoms with Crippen LogP contribution in [0.2, 0.25) is 0 Å². The van der Waals surface area contributed by atoms with Crippen molar-refractivity contribution < 1.29 is 0 Å². The first-order valence-electron chi connectivity index (χ1n) is 19.2. The van der Waals surface area contributed by atoms with Gasteiger partial charge >= 0.3 is 0 Å². The summed E-state index contributed by atoms with van der Waals surface area (Å²) in [4.78, 5) is 11.2. The maximum absolute atomic E-state index is 5.66. The van der Waals surface area contributed by atoms with Gasteiger partial charge in [0.15, 0.2) is 0 Å². The zero-order chi connectivity index (χ0) is 36.5. The molecule has 4 heteroatoms. The highest BCUT2D eigenvalue weighted by molar-refractivity contribution is 6.36. The zero-order valence-electron chi connectivity index (χ0n) is 30.1. The van der Waals surface area contributed by atoms with Gasteiger partial charge in [-0.1, -0.05) is 152 Å². The molecule has 0 saturated heterocycles. The van der Waals surface area contributed by atoms with Crippen LogP contribution >= 0.6 is 0 Å². The van der Waals surface area contributed by atoms with Crippen molar-refractivity contribution in [1.29, 1.82) is 0 Å². The second kappa shape index (κ2) is 11.0. The number of benzene rings is 9. The number of nitrogens with zero attached hydrogens (tertiary/aromatic N) is 4. The lowest BCUT2D eigenvalue weighted by Gasteiger charge is -2.14. The Hall–Kier alpha value is -7.56. The van der Waals surface area contributed by atoms with E-state index < -0.39 is 0 Å². The predicted octanol–water partition coefficient (Wildman–Crippen LogP) is 13.5. The van der Waals surface area contributed by atoms with Gasteiger partial charge in [-0.15, -0.1) is 0 Å². The summed E-state index contributed by atoms with van der Waals surface area (Å²) in [5.41, 5.74) is 11.1. The largest absolute Gasteiger partial charge is 0.308 e. The smallest absolute Gasteiger partial charge is 0.235 e. The highest BCUT2D eigenvalue weighted by Gasteiger charge is 2.26. The van der Waals surface area contributed by atoms with E-state index in [1.54, 1.807) is 0 Å². The van der Waals surface area contributed by atoms with E-state index >= 15 is 0 Å². The molecule has 4 aromatic heterocycles. The molecule has 0 aliphatic rings. The van der Waals surface area contributed by atoms with E-state index in [9.17, 15) is 0 Å². The molecule has 13 aromatic rings. The van der Waals surface area contributed by atoms with Crippen LogP contribution in [0.1, 0.15) is 0 Å². The van der Waals surface area contributed by atoms with E-state index in [2.05, 4.69) is 191 Å². The number of hydrogen-bond donors (Lipinski definition) is 0. The second-order valence-corrected chi connectivity index (χ2v) is 14.9. The van der Waals surface area contributed by atoms with Crippen molar-refractivity contribution in [1.82, 2.24) is 18.9 Å². The third-order valence-corrected chi connectivity index (χ3v) is 12.0. The first-order chi connectivity index (χ1) is 27.8. The predicted molar refractivity (Wildman–Crippen MR) is 234 cm³/mol. The minimum absolute atomic E-state index is 0.660. The third kappa shape index (κ3) is 3.92. The Kier molecular flexibility index (Phi) is 5.86. The lowest BCUT2D eigenvalue weighted by molar-refractivity contribution is 1.02. The Morgan fingerprint density at radius 1 is 0.339 bits per heavy atom. The lowest BCUT2D eigenvalue weighted by Crippen LogP contribution is -2.04. The molecule has 0 aliphatic heterocycles. The lowest BCUT2D eigenvalue weighted by atomic mass is 9.98. The SMILES string of the molecule is c1ccc(-c2ccc(-c3nc(-n4c5ccc6ccccc6c5c5cc6c7ccccc7n7c8ccccc8c(c54)c67)nc4ccc5ccccc5c34)cc2)cc1. The van der Waals surface area contributed by atoms with Gasteiger partial charge in [-0.3, -0.25) is 4.57 Å². The van der Waals surface area contributed by atoms with Crippen LogP contribution in [0.25, 0.3) is 121 Å². The number of hydrogen-bond acceptors (Lipinski definition) is 2. The molecular weight excluding hydrogens is 681 g/mol. The Morgan fingerprint density at radius 2 is 0.929 bits per heavy atom. The molecule has 4 heterocycles. The van der Waals surface area contributed by atoms with Crippen LogP contribution in [-0.4, -0.2) is 18.9 Å². The summed E-state index contributed by atoms with van der Waals surface area (Å²) >= 11 is 0. The van der Waals surface area contributed by atoms with Crippen molar-refractivity contribution in [2.24, 2.45) is 0 Å². The molecule has 0 N–H and O–H groups in total. The summed E-state index contributed by atoms with van der Waals surface area (Å²) in [7, 11) is 0. The highest BCUT2D eigenvalue weighted by Crippen LogP contribution is 2.48. The highest BCUT2D eigenvalue weighted by atomic mass is 15.2. The maximum Gasteiger partial charge on any atom is 0.235 e. The van der Waals surface area contributed by atoms with Gasteiger partial charge in [0.25, 0.3) is 0 Å². The fourth-order valence-electron chi connectivity index (χ4n) is 9.63. The molecule has 4 nitrogen and oxygen atoms in total. The number of rotatable bonds is 3. The quantitative estimate of drug-likeness (QED) is 0.171. The van der Waals surface area contributed by atoms with Gasteiger partial charge in [-0.25, -0.2) is 9.97 Å². The minimum atomic E-state index is 0.660. The van der Waals surface area contributed by atoms with Gasteiger partial charge in [0.1, 0.15) is 0 Å². The number of fused-ring (bicyclic) bond motifs is 15. The number of para-hydroxylation sites is 2. The Morgan fingerprint density at radius 3 is 1.70 bits per heavy atom. The molecule has 258 valence electrons. The summed E-state index contributed by atoms with van der Waals surface area (Å²) in [6, 6.07) is 65.7. The molecule has 9 aromatic carbocycles. The second-order valence-electron chi connectivity index (χ2n) is 14.9. The summed E-state index contributed by atoms with van der Waals surface area (Å²) in [5.74, 6) is 0.660. The van der Waals surface area contributed by atoms with E-state index in [0.717, 1.165) is 38.6 Å². The van der Waals surface area contributed by atoms with Crippen molar-refractivity contribution in [3.63, 3.8) is 0 Å². The van der Waals surface area contributed by atoms with Gasteiger partial charge in [-0.2, -0.15) is 0 Å².